The molecule has 0 amide bonds. The molecule has 0 saturated carbocycles. The van der Waals surface area contributed by atoms with Crippen molar-refractivity contribution in [3.8, 4) is 33.8 Å². The van der Waals surface area contributed by atoms with E-state index >= 15 is 0 Å². The molecule has 0 fully saturated rings. The number of benzene rings is 2. The van der Waals surface area contributed by atoms with Gasteiger partial charge in [-0.2, -0.15) is 0 Å². The van der Waals surface area contributed by atoms with Gasteiger partial charge in [-0.1, -0.05) is 24.3 Å². The number of hydrogen-bond acceptors (Lipinski definition) is 3. The van der Waals surface area contributed by atoms with E-state index in [-0.39, 0.29) is 11.5 Å². The van der Waals surface area contributed by atoms with Gasteiger partial charge in [0.2, 0.25) is 0 Å². The molecular formula is C20H13F6NO2. The second-order valence-electron chi connectivity index (χ2n) is 6.00. The SMILES string of the molecule is Cc1ncc(-c2ccc(OC(F)(F)F)cc2)cc1-c1ccc(OC(F)(F)F)cc1. The fraction of sp³-hybridized carbons (Fsp3) is 0.150. The Balaban J connectivity index is 1.87. The van der Waals surface area contributed by atoms with Gasteiger partial charge in [-0.15, -0.1) is 26.3 Å². The van der Waals surface area contributed by atoms with E-state index in [1.807, 2.05) is 0 Å². The van der Waals surface area contributed by atoms with Gasteiger partial charge in [0.1, 0.15) is 11.5 Å². The first kappa shape index (κ1) is 20.5. The van der Waals surface area contributed by atoms with Crippen LogP contribution in [0, 0.1) is 6.92 Å². The van der Waals surface area contributed by atoms with E-state index in [2.05, 4.69) is 14.5 Å². The zero-order chi connectivity index (χ0) is 21.2. The Morgan fingerprint density at radius 1 is 0.655 bits per heavy atom. The Hall–Kier alpha value is -3.23. The molecule has 0 radical (unpaired) electrons. The minimum Gasteiger partial charge on any atom is -0.406 e. The Kier molecular flexibility index (Phi) is 5.41. The maximum atomic E-state index is 12.3. The van der Waals surface area contributed by atoms with Crippen molar-refractivity contribution in [3.05, 3.63) is 66.5 Å². The molecule has 3 nitrogen and oxygen atoms in total. The van der Waals surface area contributed by atoms with Crippen molar-refractivity contribution >= 4 is 0 Å². The fourth-order valence-electron chi connectivity index (χ4n) is 2.67. The number of pyridine rings is 1. The van der Waals surface area contributed by atoms with Crippen LogP contribution in [0.4, 0.5) is 26.3 Å². The molecule has 0 aliphatic rings. The van der Waals surface area contributed by atoms with Crippen LogP contribution in [0.15, 0.2) is 60.8 Å². The van der Waals surface area contributed by atoms with Crippen molar-refractivity contribution in [2.45, 2.75) is 19.6 Å². The largest absolute Gasteiger partial charge is 0.573 e. The van der Waals surface area contributed by atoms with Crippen LogP contribution in [0.25, 0.3) is 22.3 Å². The molecule has 0 N–H and O–H groups in total. The predicted molar refractivity (Wildman–Crippen MR) is 93.2 cm³/mol. The Morgan fingerprint density at radius 2 is 1.10 bits per heavy atom. The smallest absolute Gasteiger partial charge is 0.406 e. The van der Waals surface area contributed by atoms with Crippen LogP contribution >= 0.6 is 0 Å². The number of hydrogen-bond donors (Lipinski definition) is 0. The Morgan fingerprint density at radius 3 is 1.55 bits per heavy atom. The molecule has 0 bridgehead atoms. The second kappa shape index (κ2) is 7.65. The van der Waals surface area contributed by atoms with E-state index in [0.29, 0.717) is 27.9 Å². The Labute approximate surface area is 161 Å². The summed E-state index contributed by atoms with van der Waals surface area (Å²) in [5.41, 5.74) is 3.14. The zero-order valence-electron chi connectivity index (χ0n) is 14.8. The number of aryl methyl sites for hydroxylation is 1. The third-order valence-corrected chi connectivity index (χ3v) is 3.91. The summed E-state index contributed by atoms with van der Waals surface area (Å²) in [4.78, 5) is 4.27. The molecule has 3 aromatic rings. The van der Waals surface area contributed by atoms with Crippen LogP contribution in [0.2, 0.25) is 0 Å². The molecule has 0 aliphatic heterocycles. The summed E-state index contributed by atoms with van der Waals surface area (Å²) in [6.45, 7) is 1.74. The summed E-state index contributed by atoms with van der Waals surface area (Å²) in [5.74, 6) is -0.690. The highest BCUT2D eigenvalue weighted by Crippen LogP contribution is 2.32. The van der Waals surface area contributed by atoms with Crippen LogP contribution < -0.4 is 9.47 Å². The molecule has 0 unspecified atom stereocenters. The normalized spacial score (nSPS) is 12.0. The van der Waals surface area contributed by atoms with Crippen molar-refractivity contribution in [1.82, 2.24) is 4.98 Å². The van der Waals surface area contributed by atoms with Crippen LogP contribution in [0.3, 0.4) is 0 Å². The van der Waals surface area contributed by atoms with Crippen molar-refractivity contribution in [2.24, 2.45) is 0 Å². The van der Waals surface area contributed by atoms with Crippen LogP contribution in [0.1, 0.15) is 5.69 Å². The first-order valence-electron chi connectivity index (χ1n) is 8.19. The van der Waals surface area contributed by atoms with E-state index in [4.69, 9.17) is 0 Å². The lowest BCUT2D eigenvalue weighted by atomic mass is 9.99. The van der Waals surface area contributed by atoms with E-state index < -0.39 is 12.7 Å². The van der Waals surface area contributed by atoms with Crippen molar-refractivity contribution < 1.29 is 35.8 Å². The summed E-state index contributed by atoms with van der Waals surface area (Å²) in [6, 6.07) is 12.4. The van der Waals surface area contributed by atoms with Crippen LogP contribution in [-0.4, -0.2) is 17.7 Å². The minimum atomic E-state index is -4.78. The van der Waals surface area contributed by atoms with Gasteiger partial charge in [0.15, 0.2) is 0 Å². The summed E-state index contributed by atoms with van der Waals surface area (Å²) in [5, 5.41) is 0. The van der Waals surface area contributed by atoms with Crippen LogP contribution in [0.5, 0.6) is 11.5 Å². The molecule has 1 heterocycles. The average molecular weight is 413 g/mol. The monoisotopic (exact) mass is 413 g/mol. The standard InChI is InChI=1S/C20H13F6NO2/c1-12-18(14-4-8-17(9-5-14)29-20(24,25)26)10-15(11-27-12)13-2-6-16(7-3-13)28-19(21,22)23/h2-11H,1H3. The molecule has 0 aliphatic carbocycles. The molecule has 0 spiro atoms. The molecule has 152 valence electrons. The number of ether oxygens (including phenoxy) is 2. The average Bonchev–Trinajstić information content (AvgIpc) is 2.61. The van der Waals surface area contributed by atoms with Gasteiger partial charge in [0, 0.05) is 23.0 Å². The lowest BCUT2D eigenvalue weighted by Gasteiger charge is -2.12. The second-order valence-corrected chi connectivity index (χ2v) is 6.00. The number of aromatic nitrogens is 1. The Bertz CT molecular complexity index is 980. The van der Waals surface area contributed by atoms with E-state index in [9.17, 15) is 26.3 Å². The van der Waals surface area contributed by atoms with Gasteiger partial charge in [-0.05, 0) is 48.4 Å². The molecule has 1 aromatic heterocycles. The summed E-state index contributed by atoms with van der Waals surface area (Å²) < 4.78 is 81.4. The molecule has 0 atom stereocenters. The molecule has 9 heteroatoms. The highest BCUT2D eigenvalue weighted by molar-refractivity contribution is 5.74. The number of nitrogens with zero attached hydrogens (tertiary/aromatic N) is 1. The lowest BCUT2D eigenvalue weighted by Crippen LogP contribution is -2.16. The van der Waals surface area contributed by atoms with Crippen molar-refractivity contribution in [1.29, 1.82) is 0 Å². The summed E-state index contributed by atoms with van der Waals surface area (Å²) >= 11 is 0. The molecule has 0 saturated heterocycles. The third-order valence-electron chi connectivity index (χ3n) is 3.91. The highest BCUT2D eigenvalue weighted by atomic mass is 19.4. The first-order valence-corrected chi connectivity index (χ1v) is 8.19. The van der Waals surface area contributed by atoms with Gasteiger partial charge in [0.05, 0.1) is 0 Å². The minimum absolute atomic E-state index is 0.344. The van der Waals surface area contributed by atoms with Crippen molar-refractivity contribution in [3.63, 3.8) is 0 Å². The molecule has 3 rings (SSSR count). The molecular weight excluding hydrogens is 400 g/mol. The molecule has 29 heavy (non-hydrogen) atoms. The number of alkyl halides is 6. The maximum absolute atomic E-state index is 12.3. The summed E-state index contributed by atoms with van der Waals surface area (Å²) in [7, 11) is 0. The fourth-order valence-corrected chi connectivity index (χ4v) is 2.67. The van der Waals surface area contributed by atoms with Gasteiger partial charge in [-0.25, -0.2) is 0 Å². The third kappa shape index (κ3) is 5.63. The number of rotatable bonds is 4. The van der Waals surface area contributed by atoms with E-state index in [1.54, 1.807) is 19.2 Å². The highest BCUT2D eigenvalue weighted by Gasteiger charge is 2.31. The lowest BCUT2D eigenvalue weighted by molar-refractivity contribution is -0.275. The first-order chi connectivity index (χ1) is 13.5. The molecule has 2 aromatic carbocycles. The topological polar surface area (TPSA) is 31.4 Å². The van der Waals surface area contributed by atoms with E-state index in [0.717, 1.165) is 0 Å². The van der Waals surface area contributed by atoms with Crippen LogP contribution in [-0.2, 0) is 0 Å². The number of halogens is 6. The predicted octanol–water partition coefficient (Wildman–Crippen LogP) is 6.52. The summed E-state index contributed by atoms with van der Waals surface area (Å²) in [6.07, 6.45) is -8.00. The zero-order valence-corrected chi connectivity index (χ0v) is 14.8. The van der Waals surface area contributed by atoms with Gasteiger partial charge >= 0.3 is 12.7 Å². The maximum Gasteiger partial charge on any atom is 0.573 e. The van der Waals surface area contributed by atoms with E-state index in [1.165, 1.54) is 48.5 Å². The van der Waals surface area contributed by atoms with Gasteiger partial charge < -0.3 is 9.47 Å². The quantitative estimate of drug-likeness (QED) is 0.456. The van der Waals surface area contributed by atoms with Gasteiger partial charge in [0.25, 0.3) is 0 Å². The van der Waals surface area contributed by atoms with Crippen molar-refractivity contribution in [2.75, 3.05) is 0 Å². The van der Waals surface area contributed by atoms with Gasteiger partial charge in [-0.3, -0.25) is 4.98 Å².